The first-order valence-electron chi connectivity index (χ1n) is 5.83. The quantitative estimate of drug-likeness (QED) is 0.701. The highest BCUT2D eigenvalue weighted by atomic mass is 16.5. The van der Waals surface area contributed by atoms with E-state index in [4.69, 9.17) is 10.5 Å². The molecule has 0 bridgehead atoms. The standard InChI is InChI=1S/C11H22N2O2/c1-2-10(6-12)11(14)13-7-9-4-3-5-15-8-9/h9-10H,2-8,12H2,1H3,(H,13,14). The first-order chi connectivity index (χ1) is 7.27. The van der Waals surface area contributed by atoms with Gasteiger partial charge in [-0.15, -0.1) is 0 Å². The molecule has 4 nitrogen and oxygen atoms in total. The van der Waals surface area contributed by atoms with Crippen LogP contribution in [-0.4, -0.2) is 32.2 Å². The molecule has 1 rings (SSSR count). The highest BCUT2D eigenvalue weighted by Gasteiger charge is 2.18. The third-order valence-corrected chi connectivity index (χ3v) is 2.97. The third-order valence-electron chi connectivity index (χ3n) is 2.97. The van der Waals surface area contributed by atoms with Gasteiger partial charge in [-0.1, -0.05) is 6.92 Å². The van der Waals surface area contributed by atoms with Gasteiger partial charge in [-0.25, -0.2) is 0 Å². The predicted octanol–water partition coefficient (Wildman–Crippen LogP) is 0.514. The predicted molar refractivity (Wildman–Crippen MR) is 59.4 cm³/mol. The van der Waals surface area contributed by atoms with E-state index in [-0.39, 0.29) is 11.8 Å². The lowest BCUT2D eigenvalue weighted by molar-refractivity contribution is -0.125. The van der Waals surface area contributed by atoms with Crippen molar-refractivity contribution < 1.29 is 9.53 Å². The van der Waals surface area contributed by atoms with Crippen LogP contribution in [0.5, 0.6) is 0 Å². The Morgan fingerprint density at radius 2 is 2.47 bits per heavy atom. The lowest BCUT2D eigenvalue weighted by atomic mass is 10.0. The summed E-state index contributed by atoms with van der Waals surface area (Å²) < 4.78 is 5.35. The Labute approximate surface area is 91.5 Å². The molecule has 0 aromatic rings. The topological polar surface area (TPSA) is 64.4 Å². The Morgan fingerprint density at radius 1 is 1.67 bits per heavy atom. The molecule has 1 aliphatic rings. The Hall–Kier alpha value is -0.610. The van der Waals surface area contributed by atoms with Gasteiger partial charge >= 0.3 is 0 Å². The van der Waals surface area contributed by atoms with E-state index in [1.807, 2.05) is 6.92 Å². The van der Waals surface area contributed by atoms with Crippen LogP contribution in [0.15, 0.2) is 0 Å². The Balaban J connectivity index is 2.20. The molecule has 1 aliphatic heterocycles. The van der Waals surface area contributed by atoms with E-state index in [0.29, 0.717) is 12.5 Å². The van der Waals surface area contributed by atoms with Gasteiger partial charge in [-0.2, -0.15) is 0 Å². The number of ether oxygens (including phenoxy) is 1. The van der Waals surface area contributed by atoms with Crippen molar-refractivity contribution in [3.8, 4) is 0 Å². The van der Waals surface area contributed by atoms with Gasteiger partial charge in [0.05, 0.1) is 6.61 Å². The van der Waals surface area contributed by atoms with Crippen molar-refractivity contribution in [1.82, 2.24) is 5.32 Å². The normalized spacial score (nSPS) is 23.5. The molecule has 0 spiro atoms. The van der Waals surface area contributed by atoms with Gasteiger partial charge in [0.1, 0.15) is 0 Å². The number of carbonyl (C=O) groups is 1. The second kappa shape index (κ2) is 6.80. The second-order valence-electron chi connectivity index (χ2n) is 4.17. The number of carbonyl (C=O) groups excluding carboxylic acids is 1. The maximum Gasteiger partial charge on any atom is 0.224 e. The maximum absolute atomic E-state index is 11.6. The van der Waals surface area contributed by atoms with Gasteiger partial charge < -0.3 is 15.8 Å². The molecule has 1 fully saturated rings. The van der Waals surface area contributed by atoms with Crippen LogP contribution in [0.25, 0.3) is 0 Å². The maximum atomic E-state index is 11.6. The summed E-state index contributed by atoms with van der Waals surface area (Å²) in [6.45, 7) is 4.80. The zero-order chi connectivity index (χ0) is 11.1. The fraction of sp³-hybridized carbons (Fsp3) is 0.909. The zero-order valence-corrected chi connectivity index (χ0v) is 9.50. The molecule has 15 heavy (non-hydrogen) atoms. The summed E-state index contributed by atoms with van der Waals surface area (Å²) in [6, 6.07) is 0. The molecule has 3 N–H and O–H groups in total. The summed E-state index contributed by atoms with van der Waals surface area (Å²) in [5, 5.41) is 2.96. The number of hydrogen-bond donors (Lipinski definition) is 2. The second-order valence-corrected chi connectivity index (χ2v) is 4.17. The van der Waals surface area contributed by atoms with E-state index in [1.165, 1.54) is 0 Å². The van der Waals surface area contributed by atoms with E-state index in [0.717, 1.165) is 39.0 Å². The SMILES string of the molecule is CCC(CN)C(=O)NCC1CCCOC1. The van der Waals surface area contributed by atoms with Crippen molar-refractivity contribution in [3.63, 3.8) is 0 Å². The van der Waals surface area contributed by atoms with Gasteiger partial charge in [0.25, 0.3) is 0 Å². The van der Waals surface area contributed by atoms with Crippen molar-refractivity contribution in [2.45, 2.75) is 26.2 Å². The molecule has 1 amide bonds. The molecule has 1 heterocycles. The van der Waals surface area contributed by atoms with Gasteiger partial charge in [0, 0.05) is 25.6 Å². The molecule has 2 unspecified atom stereocenters. The molecule has 0 aromatic heterocycles. The minimum Gasteiger partial charge on any atom is -0.381 e. The lowest BCUT2D eigenvalue weighted by Gasteiger charge is -2.23. The summed E-state index contributed by atoms with van der Waals surface area (Å²) in [6.07, 6.45) is 3.07. The van der Waals surface area contributed by atoms with Crippen LogP contribution in [0, 0.1) is 11.8 Å². The van der Waals surface area contributed by atoms with Gasteiger partial charge in [-0.05, 0) is 25.2 Å². The molecule has 0 aromatic carbocycles. The van der Waals surface area contributed by atoms with Crippen molar-refractivity contribution in [2.24, 2.45) is 17.6 Å². The number of nitrogens with two attached hydrogens (primary N) is 1. The van der Waals surface area contributed by atoms with E-state index in [2.05, 4.69) is 5.32 Å². The summed E-state index contributed by atoms with van der Waals surface area (Å²) in [7, 11) is 0. The highest BCUT2D eigenvalue weighted by molar-refractivity contribution is 5.78. The van der Waals surface area contributed by atoms with Crippen LogP contribution in [-0.2, 0) is 9.53 Å². The fourth-order valence-corrected chi connectivity index (χ4v) is 1.82. The Morgan fingerprint density at radius 3 is 3.00 bits per heavy atom. The average Bonchev–Trinajstić information content (AvgIpc) is 2.29. The molecule has 88 valence electrons. The fourth-order valence-electron chi connectivity index (χ4n) is 1.82. The molecule has 2 atom stereocenters. The van der Waals surface area contributed by atoms with Crippen molar-refractivity contribution in [3.05, 3.63) is 0 Å². The van der Waals surface area contributed by atoms with Gasteiger partial charge in [0.2, 0.25) is 5.91 Å². The first kappa shape index (κ1) is 12.5. The molecular formula is C11H22N2O2. The van der Waals surface area contributed by atoms with E-state index >= 15 is 0 Å². The van der Waals surface area contributed by atoms with Gasteiger partial charge in [-0.3, -0.25) is 4.79 Å². The summed E-state index contributed by atoms with van der Waals surface area (Å²) in [5.74, 6) is 0.540. The van der Waals surface area contributed by atoms with Crippen LogP contribution in [0.4, 0.5) is 0 Å². The molecule has 0 radical (unpaired) electrons. The van der Waals surface area contributed by atoms with Gasteiger partial charge in [0.15, 0.2) is 0 Å². The first-order valence-corrected chi connectivity index (χ1v) is 5.83. The average molecular weight is 214 g/mol. The number of nitrogens with one attached hydrogen (secondary N) is 1. The Bertz CT molecular complexity index is 187. The molecule has 0 aliphatic carbocycles. The number of rotatable bonds is 5. The summed E-state index contributed by atoms with van der Waals surface area (Å²) in [4.78, 5) is 11.6. The molecule has 4 heteroatoms. The highest BCUT2D eigenvalue weighted by Crippen LogP contribution is 2.12. The third kappa shape index (κ3) is 4.18. The minimum absolute atomic E-state index is 0.0329. The van der Waals surface area contributed by atoms with Crippen molar-refractivity contribution in [1.29, 1.82) is 0 Å². The largest absolute Gasteiger partial charge is 0.381 e. The molecule has 0 saturated carbocycles. The van der Waals surface area contributed by atoms with E-state index < -0.39 is 0 Å². The van der Waals surface area contributed by atoms with Crippen LogP contribution in [0.3, 0.4) is 0 Å². The Kier molecular flexibility index (Phi) is 5.65. The summed E-state index contributed by atoms with van der Waals surface area (Å²) in [5.41, 5.74) is 5.51. The van der Waals surface area contributed by atoms with Crippen LogP contribution >= 0.6 is 0 Å². The summed E-state index contributed by atoms with van der Waals surface area (Å²) >= 11 is 0. The van der Waals surface area contributed by atoms with Crippen LogP contribution in [0.2, 0.25) is 0 Å². The van der Waals surface area contributed by atoms with E-state index in [1.54, 1.807) is 0 Å². The lowest BCUT2D eigenvalue weighted by Crippen LogP contribution is -2.39. The van der Waals surface area contributed by atoms with Crippen LogP contribution in [0.1, 0.15) is 26.2 Å². The smallest absolute Gasteiger partial charge is 0.224 e. The monoisotopic (exact) mass is 214 g/mol. The zero-order valence-electron chi connectivity index (χ0n) is 9.50. The number of hydrogen-bond acceptors (Lipinski definition) is 3. The van der Waals surface area contributed by atoms with Crippen molar-refractivity contribution in [2.75, 3.05) is 26.3 Å². The number of amides is 1. The van der Waals surface area contributed by atoms with Crippen LogP contribution < -0.4 is 11.1 Å². The minimum atomic E-state index is -0.0329. The van der Waals surface area contributed by atoms with Crippen molar-refractivity contribution >= 4 is 5.91 Å². The molecule has 1 saturated heterocycles. The van der Waals surface area contributed by atoms with E-state index in [9.17, 15) is 4.79 Å². The molecular weight excluding hydrogens is 192 g/mol.